The molecule has 84 valence electrons. The average Bonchev–Trinajstić information content (AvgIpc) is 2.23. The first-order valence-electron chi connectivity index (χ1n) is 4.82. The van der Waals surface area contributed by atoms with Crippen LogP contribution in [0.4, 0.5) is 0 Å². The molecule has 1 aliphatic rings. The number of hydrogen-bond donors (Lipinski definition) is 1. The highest BCUT2D eigenvalue weighted by Crippen LogP contribution is 2.28. The predicted molar refractivity (Wildman–Crippen MR) is 52.0 cm³/mol. The summed E-state index contributed by atoms with van der Waals surface area (Å²) in [6.45, 7) is 5.27. The van der Waals surface area contributed by atoms with Gasteiger partial charge in [-0.05, 0) is 20.8 Å². The minimum atomic E-state index is -1.04. The number of carbonyl (C=O) groups excluding carboxylic acids is 2. The highest BCUT2D eigenvalue weighted by molar-refractivity contribution is 6.05. The van der Waals surface area contributed by atoms with Gasteiger partial charge in [0.25, 0.3) is 0 Å². The Bertz CT molecular complexity index is 316. The van der Waals surface area contributed by atoms with Crippen LogP contribution in [0, 0.1) is 5.92 Å². The summed E-state index contributed by atoms with van der Waals surface area (Å²) in [6.07, 6.45) is -0.250. The van der Waals surface area contributed by atoms with Crippen molar-refractivity contribution in [3.05, 3.63) is 0 Å². The monoisotopic (exact) mass is 213 g/mol. The van der Waals surface area contributed by atoms with Gasteiger partial charge in [0.05, 0.1) is 12.3 Å². The van der Waals surface area contributed by atoms with Gasteiger partial charge in [0.2, 0.25) is 11.8 Å². The number of imide groups is 1. The summed E-state index contributed by atoms with van der Waals surface area (Å²) in [5, 5.41) is 8.58. The molecule has 1 rings (SSSR count). The number of amides is 2. The second-order valence-electron chi connectivity index (χ2n) is 4.74. The van der Waals surface area contributed by atoms with Gasteiger partial charge in [0.15, 0.2) is 0 Å². The summed E-state index contributed by atoms with van der Waals surface area (Å²) in [6, 6.07) is 0. The highest BCUT2D eigenvalue weighted by atomic mass is 16.4. The van der Waals surface area contributed by atoms with Crippen LogP contribution < -0.4 is 0 Å². The maximum atomic E-state index is 11.7. The summed E-state index contributed by atoms with van der Waals surface area (Å²) < 4.78 is 0. The fraction of sp³-hybridized carbons (Fsp3) is 0.700. The van der Waals surface area contributed by atoms with E-state index in [4.69, 9.17) is 5.11 Å². The van der Waals surface area contributed by atoms with Gasteiger partial charge < -0.3 is 5.11 Å². The largest absolute Gasteiger partial charge is 0.481 e. The molecule has 5 heteroatoms. The molecular weight excluding hydrogens is 198 g/mol. The predicted octanol–water partition coefficient (Wildman–Crippen LogP) is 0.635. The van der Waals surface area contributed by atoms with Gasteiger partial charge >= 0.3 is 5.97 Å². The molecule has 0 aromatic carbocycles. The lowest BCUT2D eigenvalue weighted by Gasteiger charge is -2.30. The van der Waals surface area contributed by atoms with E-state index in [1.165, 1.54) is 4.90 Å². The zero-order valence-corrected chi connectivity index (χ0v) is 9.11. The van der Waals surface area contributed by atoms with Crippen molar-refractivity contribution in [1.29, 1.82) is 0 Å². The van der Waals surface area contributed by atoms with Crippen LogP contribution in [0.1, 0.15) is 33.6 Å². The first kappa shape index (κ1) is 11.7. The zero-order chi connectivity index (χ0) is 11.8. The van der Waals surface area contributed by atoms with Crippen molar-refractivity contribution in [3.63, 3.8) is 0 Å². The molecule has 1 aliphatic heterocycles. The van der Waals surface area contributed by atoms with Gasteiger partial charge in [-0.25, -0.2) is 0 Å². The minimum absolute atomic E-state index is 0.0163. The smallest absolute Gasteiger partial charge is 0.304 e. The molecule has 0 aliphatic carbocycles. The molecule has 0 aromatic rings. The molecule has 1 heterocycles. The summed E-state index contributed by atoms with van der Waals surface area (Å²) in [4.78, 5) is 34.9. The minimum Gasteiger partial charge on any atom is -0.481 e. The number of nitrogens with zero attached hydrogens (tertiary/aromatic N) is 1. The van der Waals surface area contributed by atoms with Gasteiger partial charge in [0.1, 0.15) is 0 Å². The summed E-state index contributed by atoms with van der Waals surface area (Å²) >= 11 is 0. The SMILES string of the molecule is CC(C)(C)N1C(=O)CC(CC(=O)O)C1=O. The van der Waals surface area contributed by atoms with E-state index >= 15 is 0 Å². The van der Waals surface area contributed by atoms with E-state index in [1.54, 1.807) is 20.8 Å². The number of carboxylic acid groups (broad SMARTS) is 1. The van der Waals surface area contributed by atoms with E-state index < -0.39 is 17.4 Å². The number of carboxylic acids is 1. The Hall–Kier alpha value is -1.39. The number of hydrogen-bond acceptors (Lipinski definition) is 3. The van der Waals surface area contributed by atoms with Crippen molar-refractivity contribution in [2.24, 2.45) is 5.92 Å². The molecule has 15 heavy (non-hydrogen) atoms. The van der Waals surface area contributed by atoms with Crippen LogP contribution in [0.15, 0.2) is 0 Å². The van der Waals surface area contributed by atoms with E-state index in [0.717, 1.165) is 0 Å². The molecule has 1 atom stereocenters. The maximum Gasteiger partial charge on any atom is 0.304 e. The third-order valence-electron chi connectivity index (χ3n) is 2.33. The van der Waals surface area contributed by atoms with Crippen LogP contribution in [0.5, 0.6) is 0 Å². The molecule has 0 radical (unpaired) electrons. The fourth-order valence-electron chi connectivity index (χ4n) is 1.77. The molecule has 1 fully saturated rings. The Morgan fingerprint density at radius 1 is 1.47 bits per heavy atom. The Labute approximate surface area is 88.1 Å². The molecule has 5 nitrogen and oxygen atoms in total. The van der Waals surface area contributed by atoms with Gasteiger partial charge in [0, 0.05) is 12.0 Å². The van der Waals surface area contributed by atoms with Crippen LogP contribution in [-0.2, 0) is 14.4 Å². The normalized spacial score (nSPS) is 22.3. The third-order valence-corrected chi connectivity index (χ3v) is 2.33. The Kier molecular flexibility index (Phi) is 2.83. The van der Waals surface area contributed by atoms with Crippen LogP contribution in [-0.4, -0.2) is 33.3 Å². The lowest BCUT2D eigenvalue weighted by molar-refractivity contribution is -0.147. The van der Waals surface area contributed by atoms with Crippen molar-refractivity contribution >= 4 is 17.8 Å². The first-order chi connectivity index (χ1) is 6.73. The second-order valence-corrected chi connectivity index (χ2v) is 4.74. The first-order valence-corrected chi connectivity index (χ1v) is 4.82. The van der Waals surface area contributed by atoms with E-state index in [0.29, 0.717) is 0 Å². The maximum absolute atomic E-state index is 11.7. The molecule has 1 saturated heterocycles. The van der Waals surface area contributed by atoms with Crippen LogP contribution in [0.3, 0.4) is 0 Å². The standard InChI is InChI=1S/C10H15NO4/c1-10(2,3)11-7(12)4-6(9(11)15)5-8(13)14/h6H,4-5H2,1-3H3,(H,13,14). The summed E-state index contributed by atoms with van der Waals surface area (Å²) in [5.74, 6) is -2.38. The van der Waals surface area contributed by atoms with Crippen molar-refractivity contribution in [2.75, 3.05) is 0 Å². The molecule has 2 amide bonds. The zero-order valence-electron chi connectivity index (χ0n) is 9.11. The van der Waals surface area contributed by atoms with Gasteiger partial charge in [-0.15, -0.1) is 0 Å². The Morgan fingerprint density at radius 3 is 2.33 bits per heavy atom. The number of carbonyl (C=O) groups is 3. The molecule has 0 aromatic heterocycles. The fourth-order valence-corrected chi connectivity index (χ4v) is 1.77. The number of likely N-dealkylation sites (tertiary alicyclic amines) is 1. The molecule has 0 spiro atoms. The van der Waals surface area contributed by atoms with Crippen molar-refractivity contribution in [1.82, 2.24) is 4.90 Å². The van der Waals surface area contributed by atoms with Crippen molar-refractivity contribution in [2.45, 2.75) is 39.2 Å². The van der Waals surface area contributed by atoms with E-state index in [1.807, 2.05) is 0 Å². The second kappa shape index (κ2) is 3.64. The summed E-state index contributed by atoms with van der Waals surface area (Å²) in [7, 11) is 0. The third kappa shape index (κ3) is 2.34. The van der Waals surface area contributed by atoms with E-state index in [9.17, 15) is 14.4 Å². The highest BCUT2D eigenvalue weighted by Gasteiger charge is 2.44. The number of aliphatic carboxylic acids is 1. The molecule has 0 saturated carbocycles. The average molecular weight is 213 g/mol. The quantitative estimate of drug-likeness (QED) is 0.683. The van der Waals surface area contributed by atoms with Gasteiger partial charge in [-0.3, -0.25) is 19.3 Å². The van der Waals surface area contributed by atoms with Gasteiger partial charge in [-0.2, -0.15) is 0 Å². The van der Waals surface area contributed by atoms with Crippen LogP contribution in [0.2, 0.25) is 0 Å². The van der Waals surface area contributed by atoms with E-state index in [-0.39, 0.29) is 24.7 Å². The van der Waals surface area contributed by atoms with Crippen LogP contribution >= 0.6 is 0 Å². The van der Waals surface area contributed by atoms with Gasteiger partial charge in [-0.1, -0.05) is 0 Å². The summed E-state index contributed by atoms with van der Waals surface area (Å²) in [5.41, 5.74) is -0.568. The van der Waals surface area contributed by atoms with Crippen molar-refractivity contribution < 1.29 is 19.5 Å². The number of rotatable bonds is 2. The molecule has 1 unspecified atom stereocenters. The topological polar surface area (TPSA) is 74.7 Å². The van der Waals surface area contributed by atoms with E-state index in [2.05, 4.69) is 0 Å². The lowest BCUT2D eigenvalue weighted by atomic mass is 10.0. The van der Waals surface area contributed by atoms with Crippen LogP contribution in [0.25, 0.3) is 0 Å². The Balaban J connectivity index is 2.84. The lowest BCUT2D eigenvalue weighted by Crippen LogP contribution is -2.45. The molecule has 0 bridgehead atoms. The Morgan fingerprint density at radius 2 is 2.00 bits per heavy atom. The van der Waals surface area contributed by atoms with Crippen molar-refractivity contribution in [3.8, 4) is 0 Å². The molecular formula is C10H15NO4. The molecule has 1 N–H and O–H groups in total.